The molecule has 0 aliphatic carbocycles. The molecule has 0 spiro atoms. The van der Waals surface area contributed by atoms with Crippen molar-refractivity contribution in [1.82, 2.24) is 10.2 Å². The van der Waals surface area contributed by atoms with E-state index < -0.39 is 0 Å². The first-order chi connectivity index (χ1) is 10.2. The fraction of sp³-hybridized carbons (Fsp3) is 0.647. The van der Waals surface area contributed by atoms with Gasteiger partial charge in [-0.25, -0.2) is 0 Å². The van der Waals surface area contributed by atoms with Crippen LogP contribution >= 0.6 is 0 Å². The van der Waals surface area contributed by atoms with Crippen molar-refractivity contribution in [3.63, 3.8) is 0 Å². The van der Waals surface area contributed by atoms with E-state index in [4.69, 9.17) is 9.47 Å². The van der Waals surface area contributed by atoms with Gasteiger partial charge in [-0.3, -0.25) is 4.90 Å². The van der Waals surface area contributed by atoms with Crippen LogP contribution in [0.2, 0.25) is 0 Å². The van der Waals surface area contributed by atoms with Crippen molar-refractivity contribution < 1.29 is 9.47 Å². The number of hydrogen-bond acceptors (Lipinski definition) is 4. The number of ether oxygens (including phenoxy) is 2. The lowest BCUT2D eigenvalue weighted by molar-refractivity contribution is 0.0405. The van der Waals surface area contributed by atoms with E-state index in [9.17, 15) is 0 Å². The molecule has 1 N–H and O–H groups in total. The fourth-order valence-electron chi connectivity index (χ4n) is 2.88. The van der Waals surface area contributed by atoms with E-state index in [0.717, 1.165) is 38.3 Å². The van der Waals surface area contributed by atoms with Crippen LogP contribution in [0.5, 0.6) is 5.75 Å². The predicted octanol–water partition coefficient (Wildman–Crippen LogP) is 2.59. The highest BCUT2D eigenvalue weighted by Crippen LogP contribution is 2.26. The average molecular weight is 292 g/mol. The van der Waals surface area contributed by atoms with Gasteiger partial charge in [-0.15, -0.1) is 0 Å². The van der Waals surface area contributed by atoms with Gasteiger partial charge in [0.05, 0.1) is 7.11 Å². The number of hydrogen-bond donors (Lipinski definition) is 1. The van der Waals surface area contributed by atoms with E-state index in [0.29, 0.717) is 12.1 Å². The zero-order chi connectivity index (χ0) is 15.2. The molecule has 0 aromatic heterocycles. The minimum Gasteiger partial charge on any atom is -0.496 e. The van der Waals surface area contributed by atoms with Crippen LogP contribution in [0.4, 0.5) is 0 Å². The van der Waals surface area contributed by atoms with Crippen LogP contribution in [-0.4, -0.2) is 45.4 Å². The lowest BCUT2D eigenvalue weighted by atomic mass is 10.0. The average Bonchev–Trinajstić information content (AvgIpc) is 2.54. The van der Waals surface area contributed by atoms with E-state index in [1.807, 2.05) is 7.05 Å². The molecule has 0 bridgehead atoms. The van der Waals surface area contributed by atoms with Crippen molar-refractivity contribution in [2.75, 3.05) is 34.4 Å². The highest BCUT2D eigenvalue weighted by Gasteiger charge is 2.20. The Morgan fingerprint density at radius 2 is 2.10 bits per heavy atom. The molecule has 1 saturated heterocycles. The third-order valence-electron chi connectivity index (χ3n) is 4.47. The largest absolute Gasteiger partial charge is 0.496 e. The molecule has 0 amide bonds. The van der Waals surface area contributed by atoms with Gasteiger partial charge >= 0.3 is 0 Å². The molecule has 1 aromatic rings. The maximum atomic E-state index is 5.53. The molecule has 21 heavy (non-hydrogen) atoms. The second-order valence-corrected chi connectivity index (χ2v) is 5.84. The van der Waals surface area contributed by atoms with Gasteiger partial charge in [-0.1, -0.05) is 6.07 Å². The van der Waals surface area contributed by atoms with Gasteiger partial charge in [0.15, 0.2) is 0 Å². The quantitative estimate of drug-likeness (QED) is 0.874. The maximum Gasteiger partial charge on any atom is 0.123 e. The molecular formula is C17H28N2O2. The van der Waals surface area contributed by atoms with Gasteiger partial charge in [0.25, 0.3) is 0 Å². The lowest BCUT2D eigenvalue weighted by Crippen LogP contribution is -2.36. The summed E-state index contributed by atoms with van der Waals surface area (Å²) in [6, 6.07) is 7.43. The predicted molar refractivity (Wildman–Crippen MR) is 85.8 cm³/mol. The van der Waals surface area contributed by atoms with Crippen molar-refractivity contribution in [3.8, 4) is 5.75 Å². The lowest BCUT2D eigenvalue weighted by Gasteiger charge is -2.31. The third kappa shape index (κ3) is 4.19. The van der Waals surface area contributed by atoms with Gasteiger partial charge < -0.3 is 14.8 Å². The van der Waals surface area contributed by atoms with E-state index >= 15 is 0 Å². The van der Waals surface area contributed by atoms with Gasteiger partial charge in [-0.2, -0.15) is 0 Å². The van der Waals surface area contributed by atoms with Gasteiger partial charge in [0.1, 0.15) is 5.75 Å². The van der Waals surface area contributed by atoms with Crippen LogP contribution in [0.3, 0.4) is 0 Å². The standard InChI is InChI=1S/C17H28N2O2/c1-13(18-2)14-5-6-17(20-4)15(11-14)12-19(3)16-7-9-21-10-8-16/h5-6,11,13,16,18H,7-10,12H2,1-4H3. The normalized spacial score (nSPS) is 18.0. The highest BCUT2D eigenvalue weighted by atomic mass is 16.5. The van der Waals surface area contributed by atoms with Gasteiger partial charge in [0.2, 0.25) is 0 Å². The Kier molecular flexibility index (Phi) is 6.03. The summed E-state index contributed by atoms with van der Waals surface area (Å²) in [5.74, 6) is 0.973. The summed E-state index contributed by atoms with van der Waals surface area (Å²) in [6.45, 7) is 4.85. The molecular weight excluding hydrogens is 264 g/mol. The topological polar surface area (TPSA) is 33.7 Å². The monoisotopic (exact) mass is 292 g/mol. The Morgan fingerprint density at radius 1 is 1.38 bits per heavy atom. The minimum absolute atomic E-state index is 0.350. The summed E-state index contributed by atoms with van der Waals surface area (Å²) < 4.78 is 11.0. The highest BCUT2D eigenvalue weighted by molar-refractivity contribution is 5.38. The summed E-state index contributed by atoms with van der Waals surface area (Å²) in [4.78, 5) is 2.42. The Bertz CT molecular complexity index is 444. The van der Waals surface area contributed by atoms with E-state index in [1.54, 1.807) is 7.11 Å². The molecule has 0 saturated carbocycles. The molecule has 1 unspecified atom stereocenters. The molecule has 4 nitrogen and oxygen atoms in total. The SMILES string of the molecule is CNC(C)c1ccc(OC)c(CN(C)C2CCOCC2)c1. The van der Waals surface area contributed by atoms with Crippen LogP contribution in [0.1, 0.15) is 36.9 Å². The zero-order valence-electron chi connectivity index (χ0n) is 13.7. The molecule has 1 aliphatic heterocycles. The van der Waals surface area contributed by atoms with Crippen molar-refractivity contribution in [1.29, 1.82) is 0 Å². The third-order valence-corrected chi connectivity index (χ3v) is 4.47. The summed E-state index contributed by atoms with van der Waals surface area (Å²) >= 11 is 0. The zero-order valence-corrected chi connectivity index (χ0v) is 13.7. The Morgan fingerprint density at radius 3 is 2.71 bits per heavy atom. The first kappa shape index (κ1) is 16.3. The molecule has 1 aromatic carbocycles. The first-order valence-electron chi connectivity index (χ1n) is 7.77. The number of nitrogens with one attached hydrogen (secondary N) is 1. The summed E-state index contributed by atoms with van der Waals surface area (Å²) in [6.07, 6.45) is 2.23. The summed E-state index contributed by atoms with van der Waals surface area (Å²) in [5, 5.41) is 3.29. The van der Waals surface area contributed by atoms with Gasteiger partial charge in [-0.05, 0) is 51.6 Å². The van der Waals surface area contributed by atoms with Crippen LogP contribution in [0, 0.1) is 0 Å². The van der Waals surface area contributed by atoms with E-state index in [-0.39, 0.29) is 0 Å². The molecule has 4 heteroatoms. The van der Waals surface area contributed by atoms with E-state index in [2.05, 4.69) is 42.4 Å². The molecule has 0 radical (unpaired) electrons. The first-order valence-corrected chi connectivity index (χ1v) is 7.77. The molecule has 2 rings (SSSR count). The smallest absolute Gasteiger partial charge is 0.123 e. The Labute approximate surface area is 128 Å². The summed E-state index contributed by atoms with van der Waals surface area (Å²) in [5.41, 5.74) is 2.56. The molecule has 1 aliphatic rings. The van der Waals surface area contributed by atoms with Gasteiger partial charge in [0, 0.05) is 37.4 Å². The number of methoxy groups -OCH3 is 1. The number of benzene rings is 1. The van der Waals surface area contributed by atoms with Crippen LogP contribution in [0.15, 0.2) is 18.2 Å². The molecule has 1 atom stereocenters. The van der Waals surface area contributed by atoms with Crippen molar-refractivity contribution in [2.24, 2.45) is 0 Å². The Hall–Kier alpha value is -1.10. The van der Waals surface area contributed by atoms with Crippen LogP contribution in [-0.2, 0) is 11.3 Å². The van der Waals surface area contributed by atoms with Crippen molar-refractivity contribution >= 4 is 0 Å². The molecule has 118 valence electrons. The van der Waals surface area contributed by atoms with Crippen molar-refractivity contribution in [2.45, 2.75) is 38.4 Å². The van der Waals surface area contributed by atoms with Crippen LogP contribution in [0.25, 0.3) is 0 Å². The van der Waals surface area contributed by atoms with Crippen molar-refractivity contribution in [3.05, 3.63) is 29.3 Å². The Balaban J connectivity index is 2.12. The molecule has 1 heterocycles. The van der Waals surface area contributed by atoms with E-state index in [1.165, 1.54) is 11.1 Å². The maximum absolute atomic E-state index is 5.53. The number of rotatable bonds is 6. The summed E-state index contributed by atoms with van der Waals surface area (Å²) in [7, 11) is 5.93. The number of nitrogens with zero attached hydrogens (tertiary/aromatic N) is 1. The second kappa shape index (κ2) is 7.78. The van der Waals surface area contributed by atoms with Crippen LogP contribution < -0.4 is 10.1 Å². The molecule has 1 fully saturated rings. The minimum atomic E-state index is 0.350. The fourth-order valence-corrected chi connectivity index (χ4v) is 2.88. The second-order valence-electron chi connectivity index (χ2n) is 5.84.